The van der Waals surface area contributed by atoms with Crippen molar-refractivity contribution in [3.05, 3.63) is 22.7 Å². The molecular formula is C17H26ClNO2. The van der Waals surface area contributed by atoms with Crippen LogP contribution in [0.4, 0.5) is 0 Å². The van der Waals surface area contributed by atoms with E-state index >= 15 is 0 Å². The number of nitrogens with one attached hydrogen (secondary N) is 1. The quantitative estimate of drug-likeness (QED) is 0.767. The molecule has 0 bridgehead atoms. The van der Waals surface area contributed by atoms with Crippen molar-refractivity contribution < 1.29 is 9.84 Å². The Hall–Kier alpha value is -0.930. The van der Waals surface area contributed by atoms with Gasteiger partial charge < -0.3 is 15.2 Å². The van der Waals surface area contributed by atoms with Crippen molar-refractivity contribution in [1.29, 1.82) is 0 Å². The predicted octanol–water partition coefficient (Wildman–Crippen LogP) is 4.36. The van der Waals surface area contributed by atoms with Gasteiger partial charge in [0.25, 0.3) is 0 Å². The Labute approximate surface area is 132 Å². The second-order valence-corrected chi connectivity index (χ2v) is 6.64. The van der Waals surface area contributed by atoms with E-state index in [0.29, 0.717) is 17.3 Å². The number of halogens is 1. The summed E-state index contributed by atoms with van der Waals surface area (Å²) in [7, 11) is 1.53. The van der Waals surface area contributed by atoms with Crippen molar-refractivity contribution in [2.75, 3.05) is 13.7 Å². The molecule has 4 heteroatoms. The highest BCUT2D eigenvalue weighted by molar-refractivity contribution is 6.30. The van der Waals surface area contributed by atoms with E-state index in [2.05, 4.69) is 12.2 Å². The molecule has 0 unspecified atom stereocenters. The van der Waals surface area contributed by atoms with Gasteiger partial charge in [0.15, 0.2) is 11.5 Å². The molecule has 3 nitrogen and oxygen atoms in total. The van der Waals surface area contributed by atoms with Crippen LogP contribution in [-0.4, -0.2) is 18.8 Å². The maximum Gasteiger partial charge on any atom is 0.162 e. The lowest BCUT2D eigenvalue weighted by atomic mass is 9.81. The summed E-state index contributed by atoms with van der Waals surface area (Å²) in [4.78, 5) is 0. The van der Waals surface area contributed by atoms with Gasteiger partial charge in [0.2, 0.25) is 0 Å². The lowest BCUT2D eigenvalue weighted by Crippen LogP contribution is -2.20. The SMILES string of the molecule is COc1cc(Cl)cc(CNCCC2CCC(C)CC2)c1O. The van der Waals surface area contributed by atoms with Gasteiger partial charge in [-0.15, -0.1) is 0 Å². The Morgan fingerprint density at radius 2 is 2.00 bits per heavy atom. The van der Waals surface area contributed by atoms with E-state index in [-0.39, 0.29) is 5.75 Å². The molecule has 1 aromatic carbocycles. The summed E-state index contributed by atoms with van der Waals surface area (Å²) in [6.45, 7) is 3.95. The smallest absolute Gasteiger partial charge is 0.162 e. The van der Waals surface area contributed by atoms with Gasteiger partial charge in [0.1, 0.15) is 0 Å². The topological polar surface area (TPSA) is 41.5 Å². The number of rotatable bonds is 6. The normalized spacial score (nSPS) is 22.2. The molecule has 0 aliphatic heterocycles. The average Bonchev–Trinajstić information content (AvgIpc) is 2.48. The molecule has 0 aromatic heterocycles. The number of hydrogen-bond acceptors (Lipinski definition) is 3. The molecule has 0 saturated heterocycles. The number of methoxy groups -OCH3 is 1. The van der Waals surface area contributed by atoms with Crippen molar-refractivity contribution in [2.45, 2.75) is 45.6 Å². The molecular weight excluding hydrogens is 286 g/mol. The third-order valence-electron chi connectivity index (χ3n) is 4.52. The van der Waals surface area contributed by atoms with E-state index in [1.165, 1.54) is 39.2 Å². The second kappa shape index (κ2) is 7.90. The summed E-state index contributed by atoms with van der Waals surface area (Å²) in [5, 5.41) is 14.1. The van der Waals surface area contributed by atoms with Crippen LogP contribution in [0.5, 0.6) is 11.5 Å². The van der Waals surface area contributed by atoms with Crippen LogP contribution in [0.2, 0.25) is 5.02 Å². The van der Waals surface area contributed by atoms with E-state index in [0.717, 1.165) is 23.9 Å². The predicted molar refractivity (Wildman–Crippen MR) is 87.1 cm³/mol. The summed E-state index contributed by atoms with van der Waals surface area (Å²) in [6.07, 6.45) is 6.68. The molecule has 1 aliphatic carbocycles. The van der Waals surface area contributed by atoms with Crippen molar-refractivity contribution in [1.82, 2.24) is 5.32 Å². The van der Waals surface area contributed by atoms with E-state index in [4.69, 9.17) is 16.3 Å². The average molecular weight is 312 g/mol. The molecule has 0 radical (unpaired) electrons. The van der Waals surface area contributed by atoms with Crippen LogP contribution in [0.3, 0.4) is 0 Å². The Balaban J connectivity index is 1.77. The van der Waals surface area contributed by atoms with Gasteiger partial charge in [-0.05, 0) is 30.9 Å². The van der Waals surface area contributed by atoms with Crippen molar-refractivity contribution in [2.24, 2.45) is 11.8 Å². The minimum absolute atomic E-state index is 0.181. The minimum Gasteiger partial charge on any atom is -0.504 e. The third-order valence-corrected chi connectivity index (χ3v) is 4.74. The lowest BCUT2D eigenvalue weighted by Gasteiger charge is -2.26. The molecule has 2 N–H and O–H groups in total. The fourth-order valence-electron chi connectivity index (χ4n) is 3.07. The zero-order valence-electron chi connectivity index (χ0n) is 13.0. The Kier molecular flexibility index (Phi) is 6.19. The van der Waals surface area contributed by atoms with Gasteiger partial charge in [-0.25, -0.2) is 0 Å². The van der Waals surface area contributed by atoms with Gasteiger partial charge in [-0.3, -0.25) is 0 Å². The van der Waals surface area contributed by atoms with Gasteiger partial charge in [0.05, 0.1) is 7.11 Å². The van der Waals surface area contributed by atoms with Crippen molar-refractivity contribution in [3.8, 4) is 11.5 Å². The third kappa shape index (κ3) is 4.79. The van der Waals surface area contributed by atoms with Gasteiger partial charge >= 0.3 is 0 Å². The Morgan fingerprint density at radius 3 is 2.67 bits per heavy atom. The summed E-state index contributed by atoms with van der Waals surface area (Å²) in [6, 6.07) is 3.41. The van der Waals surface area contributed by atoms with Crippen LogP contribution < -0.4 is 10.1 Å². The van der Waals surface area contributed by atoms with E-state index in [1.807, 2.05) is 0 Å². The van der Waals surface area contributed by atoms with Gasteiger partial charge in [0, 0.05) is 23.2 Å². The monoisotopic (exact) mass is 311 g/mol. The molecule has 0 amide bonds. The fourth-order valence-corrected chi connectivity index (χ4v) is 3.30. The molecule has 1 saturated carbocycles. The first-order chi connectivity index (χ1) is 10.1. The number of ether oxygens (including phenoxy) is 1. The highest BCUT2D eigenvalue weighted by atomic mass is 35.5. The summed E-state index contributed by atoms with van der Waals surface area (Å²) in [5.74, 6) is 2.38. The fraction of sp³-hybridized carbons (Fsp3) is 0.647. The molecule has 0 spiro atoms. The van der Waals surface area contributed by atoms with Crippen LogP contribution in [-0.2, 0) is 6.54 Å². The maximum absolute atomic E-state index is 10.1. The number of benzene rings is 1. The second-order valence-electron chi connectivity index (χ2n) is 6.21. The number of phenolic OH excluding ortho intramolecular Hbond substituents is 1. The van der Waals surface area contributed by atoms with Gasteiger partial charge in [-0.1, -0.05) is 44.2 Å². The van der Waals surface area contributed by atoms with Crippen LogP contribution in [0.15, 0.2) is 12.1 Å². The largest absolute Gasteiger partial charge is 0.504 e. The molecule has 1 aromatic rings. The number of phenols is 1. The van der Waals surface area contributed by atoms with Crippen LogP contribution in [0, 0.1) is 11.8 Å². The number of aromatic hydroxyl groups is 1. The zero-order chi connectivity index (χ0) is 15.2. The van der Waals surface area contributed by atoms with Crippen LogP contribution in [0.25, 0.3) is 0 Å². The first kappa shape index (κ1) is 16.4. The summed E-state index contributed by atoms with van der Waals surface area (Å²) in [5.41, 5.74) is 0.789. The highest BCUT2D eigenvalue weighted by Crippen LogP contribution is 2.33. The van der Waals surface area contributed by atoms with Crippen molar-refractivity contribution in [3.63, 3.8) is 0 Å². The number of hydrogen-bond donors (Lipinski definition) is 2. The zero-order valence-corrected chi connectivity index (χ0v) is 13.7. The lowest BCUT2D eigenvalue weighted by molar-refractivity contribution is 0.275. The maximum atomic E-state index is 10.1. The molecule has 0 atom stereocenters. The molecule has 118 valence electrons. The van der Waals surface area contributed by atoms with E-state index in [1.54, 1.807) is 12.1 Å². The molecule has 2 rings (SSSR count). The standard InChI is InChI=1S/C17H26ClNO2/c1-12-3-5-13(6-4-12)7-8-19-11-14-9-15(18)10-16(21-2)17(14)20/h9-10,12-13,19-20H,3-8,11H2,1-2H3. The van der Waals surface area contributed by atoms with Crippen LogP contribution in [0.1, 0.15) is 44.6 Å². The van der Waals surface area contributed by atoms with E-state index in [9.17, 15) is 5.11 Å². The highest BCUT2D eigenvalue weighted by Gasteiger charge is 2.17. The summed E-state index contributed by atoms with van der Waals surface area (Å²) >= 11 is 6.03. The first-order valence-corrected chi connectivity index (χ1v) is 8.24. The first-order valence-electron chi connectivity index (χ1n) is 7.86. The molecule has 0 heterocycles. The Bertz CT molecular complexity index is 456. The van der Waals surface area contributed by atoms with Crippen molar-refractivity contribution >= 4 is 11.6 Å². The van der Waals surface area contributed by atoms with Crippen LogP contribution >= 0.6 is 11.6 Å². The summed E-state index contributed by atoms with van der Waals surface area (Å²) < 4.78 is 5.12. The molecule has 21 heavy (non-hydrogen) atoms. The van der Waals surface area contributed by atoms with E-state index < -0.39 is 0 Å². The Morgan fingerprint density at radius 1 is 1.29 bits per heavy atom. The molecule has 1 aliphatic rings. The minimum atomic E-state index is 0.181. The molecule has 1 fully saturated rings. The van der Waals surface area contributed by atoms with Gasteiger partial charge in [-0.2, -0.15) is 0 Å².